The molecule has 0 radical (unpaired) electrons. The summed E-state index contributed by atoms with van der Waals surface area (Å²) in [5.41, 5.74) is 3.95. The molecule has 2 N–H and O–H groups in total. The average Bonchev–Trinajstić information content (AvgIpc) is 3.16. The molecule has 3 rings (SSSR count). The Bertz CT molecular complexity index is 814. The van der Waals surface area contributed by atoms with Crippen molar-refractivity contribution in [1.82, 2.24) is 9.97 Å². The molecule has 0 saturated heterocycles. The van der Waals surface area contributed by atoms with Gasteiger partial charge in [0.1, 0.15) is 12.4 Å². The Morgan fingerprint density at radius 3 is 2.76 bits per heavy atom. The van der Waals surface area contributed by atoms with Crippen LogP contribution >= 0.6 is 0 Å². The van der Waals surface area contributed by atoms with E-state index in [0.717, 1.165) is 29.1 Å². The van der Waals surface area contributed by atoms with Crippen LogP contribution in [0.4, 0.5) is 5.69 Å². The van der Waals surface area contributed by atoms with Gasteiger partial charge in [-0.2, -0.15) is 0 Å². The molecule has 25 heavy (non-hydrogen) atoms. The molecule has 5 nitrogen and oxygen atoms in total. The van der Waals surface area contributed by atoms with Crippen LogP contribution in [0, 0.1) is 6.92 Å². The maximum Gasteiger partial charge on any atom is 0.250 e. The number of aromatic amines is 1. The number of aromatic nitrogens is 2. The predicted octanol–water partition coefficient (Wildman–Crippen LogP) is 3.58. The standard InChI is InChI=1S/C20H21N3O2/c1-15-13-17(20-21-10-11-22-20)7-8-18(15)23-19(24)14-25-12-9-16-5-3-2-4-6-16/h2-8,10-11,13H,9,12,14H2,1H3,(H,21,22)(H,23,24). The smallest absolute Gasteiger partial charge is 0.250 e. The van der Waals surface area contributed by atoms with Crippen LogP contribution in [0.5, 0.6) is 0 Å². The molecule has 0 bridgehead atoms. The number of aryl methyl sites for hydroxylation is 1. The lowest BCUT2D eigenvalue weighted by molar-refractivity contribution is -0.120. The maximum absolute atomic E-state index is 12.0. The first-order valence-corrected chi connectivity index (χ1v) is 8.24. The molecule has 2 aromatic carbocycles. The minimum atomic E-state index is -0.151. The van der Waals surface area contributed by atoms with Crippen LogP contribution in [0.25, 0.3) is 11.4 Å². The third kappa shape index (κ3) is 4.78. The Hall–Kier alpha value is -2.92. The van der Waals surface area contributed by atoms with Crippen LogP contribution in [0.2, 0.25) is 0 Å². The zero-order valence-corrected chi connectivity index (χ0v) is 14.2. The number of H-pyrrole nitrogens is 1. The van der Waals surface area contributed by atoms with Crippen molar-refractivity contribution in [3.8, 4) is 11.4 Å². The van der Waals surface area contributed by atoms with Gasteiger partial charge in [-0.3, -0.25) is 4.79 Å². The van der Waals surface area contributed by atoms with Gasteiger partial charge < -0.3 is 15.0 Å². The molecular formula is C20H21N3O2. The summed E-state index contributed by atoms with van der Waals surface area (Å²) in [6, 6.07) is 15.9. The maximum atomic E-state index is 12.0. The molecule has 1 aromatic heterocycles. The third-order valence-electron chi connectivity index (χ3n) is 3.88. The number of carbonyl (C=O) groups excluding carboxylic acids is 1. The Balaban J connectivity index is 1.48. The highest BCUT2D eigenvalue weighted by Gasteiger charge is 2.07. The van der Waals surface area contributed by atoms with Crippen molar-refractivity contribution in [3.63, 3.8) is 0 Å². The molecule has 0 aliphatic heterocycles. The molecule has 3 aromatic rings. The highest BCUT2D eigenvalue weighted by atomic mass is 16.5. The van der Waals surface area contributed by atoms with E-state index in [-0.39, 0.29) is 12.5 Å². The summed E-state index contributed by atoms with van der Waals surface area (Å²) in [4.78, 5) is 19.3. The number of amides is 1. The summed E-state index contributed by atoms with van der Waals surface area (Å²) in [5.74, 6) is 0.659. The Labute approximate surface area is 147 Å². The van der Waals surface area contributed by atoms with Crippen LogP contribution in [0.3, 0.4) is 0 Å². The molecule has 0 fully saturated rings. The van der Waals surface area contributed by atoms with Gasteiger partial charge in [0, 0.05) is 23.6 Å². The van der Waals surface area contributed by atoms with E-state index in [1.165, 1.54) is 5.56 Å². The van der Waals surface area contributed by atoms with Gasteiger partial charge in [-0.05, 0) is 42.7 Å². The van der Waals surface area contributed by atoms with E-state index in [1.54, 1.807) is 12.4 Å². The zero-order chi connectivity index (χ0) is 17.5. The summed E-state index contributed by atoms with van der Waals surface area (Å²) in [7, 11) is 0. The van der Waals surface area contributed by atoms with Gasteiger partial charge in [-0.25, -0.2) is 4.98 Å². The number of ether oxygens (including phenoxy) is 1. The minimum absolute atomic E-state index is 0.0478. The van der Waals surface area contributed by atoms with Gasteiger partial charge in [-0.1, -0.05) is 30.3 Å². The number of imidazole rings is 1. The lowest BCUT2D eigenvalue weighted by Crippen LogP contribution is -2.19. The van der Waals surface area contributed by atoms with E-state index >= 15 is 0 Å². The van der Waals surface area contributed by atoms with Crippen molar-refractivity contribution in [3.05, 3.63) is 72.1 Å². The Morgan fingerprint density at radius 1 is 1.20 bits per heavy atom. The summed E-state index contributed by atoms with van der Waals surface area (Å²) in [6.07, 6.45) is 4.30. The first kappa shape index (κ1) is 16.9. The number of carbonyl (C=O) groups is 1. The fourth-order valence-electron chi connectivity index (χ4n) is 2.56. The lowest BCUT2D eigenvalue weighted by Gasteiger charge is -2.10. The van der Waals surface area contributed by atoms with Crippen LogP contribution < -0.4 is 5.32 Å². The molecule has 0 aliphatic rings. The number of hydrogen-bond donors (Lipinski definition) is 2. The summed E-state index contributed by atoms with van der Waals surface area (Å²) >= 11 is 0. The number of anilines is 1. The monoisotopic (exact) mass is 335 g/mol. The molecule has 1 heterocycles. The molecule has 0 atom stereocenters. The van der Waals surface area contributed by atoms with Crippen molar-refractivity contribution in [2.24, 2.45) is 0 Å². The van der Waals surface area contributed by atoms with Crippen molar-refractivity contribution in [2.45, 2.75) is 13.3 Å². The summed E-state index contributed by atoms with van der Waals surface area (Å²) in [6.45, 7) is 2.53. The first-order chi connectivity index (χ1) is 12.2. The fraction of sp³-hybridized carbons (Fsp3) is 0.200. The first-order valence-electron chi connectivity index (χ1n) is 8.24. The Morgan fingerprint density at radius 2 is 2.04 bits per heavy atom. The molecule has 0 spiro atoms. The molecule has 0 unspecified atom stereocenters. The van der Waals surface area contributed by atoms with Gasteiger partial charge in [-0.15, -0.1) is 0 Å². The van der Waals surface area contributed by atoms with E-state index in [0.29, 0.717) is 6.61 Å². The highest BCUT2D eigenvalue weighted by Crippen LogP contribution is 2.22. The van der Waals surface area contributed by atoms with Crippen LogP contribution in [0.15, 0.2) is 60.9 Å². The molecule has 128 valence electrons. The van der Waals surface area contributed by atoms with Gasteiger partial charge >= 0.3 is 0 Å². The summed E-state index contributed by atoms with van der Waals surface area (Å²) in [5, 5.41) is 2.89. The third-order valence-corrected chi connectivity index (χ3v) is 3.88. The normalized spacial score (nSPS) is 10.6. The number of hydrogen-bond acceptors (Lipinski definition) is 3. The van der Waals surface area contributed by atoms with E-state index in [1.807, 2.05) is 55.5 Å². The minimum Gasteiger partial charge on any atom is -0.371 e. The predicted molar refractivity (Wildman–Crippen MR) is 98.4 cm³/mol. The van der Waals surface area contributed by atoms with Gasteiger partial charge in [0.2, 0.25) is 5.91 Å². The van der Waals surface area contributed by atoms with Crippen LogP contribution in [-0.2, 0) is 16.0 Å². The molecule has 0 aliphatic carbocycles. The number of nitrogens with one attached hydrogen (secondary N) is 2. The van der Waals surface area contributed by atoms with Crippen LogP contribution in [0.1, 0.15) is 11.1 Å². The highest BCUT2D eigenvalue weighted by molar-refractivity contribution is 5.92. The molecule has 5 heteroatoms. The van der Waals surface area contributed by atoms with E-state index in [4.69, 9.17) is 4.74 Å². The van der Waals surface area contributed by atoms with Gasteiger partial charge in [0.25, 0.3) is 0 Å². The second kappa shape index (κ2) is 8.26. The van der Waals surface area contributed by atoms with Crippen molar-refractivity contribution in [1.29, 1.82) is 0 Å². The van der Waals surface area contributed by atoms with Crippen molar-refractivity contribution in [2.75, 3.05) is 18.5 Å². The SMILES string of the molecule is Cc1cc(-c2ncc[nH]2)ccc1NC(=O)COCCc1ccccc1. The van der Waals surface area contributed by atoms with Gasteiger partial charge in [0.15, 0.2) is 0 Å². The lowest BCUT2D eigenvalue weighted by atomic mass is 10.1. The van der Waals surface area contributed by atoms with Crippen molar-refractivity contribution < 1.29 is 9.53 Å². The second-order valence-electron chi connectivity index (χ2n) is 5.80. The molecule has 1 amide bonds. The topological polar surface area (TPSA) is 67.0 Å². The number of benzene rings is 2. The molecular weight excluding hydrogens is 314 g/mol. The van der Waals surface area contributed by atoms with E-state index in [9.17, 15) is 4.79 Å². The number of nitrogens with zero attached hydrogens (tertiary/aromatic N) is 1. The van der Waals surface area contributed by atoms with Crippen LogP contribution in [-0.4, -0.2) is 29.1 Å². The fourth-order valence-corrected chi connectivity index (χ4v) is 2.56. The van der Waals surface area contributed by atoms with E-state index < -0.39 is 0 Å². The van der Waals surface area contributed by atoms with E-state index in [2.05, 4.69) is 15.3 Å². The second-order valence-corrected chi connectivity index (χ2v) is 5.80. The summed E-state index contributed by atoms with van der Waals surface area (Å²) < 4.78 is 5.47. The molecule has 0 saturated carbocycles. The average molecular weight is 335 g/mol. The van der Waals surface area contributed by atoms with Crippen molar-refractivity contribution >= 4 is 11.6 Å². The number of rotatable bonds is 7. The van der Waals surface area contributed by atoms with Gasteiger partial charge in [0.05, 0.1) is 6.61 Å². The quantitative estimate of drug-likeness (QED) is 0.649. The largest absolute Gasteiger partial charge is 0.371 e. The Kier molecular flexibility index (Phi) is 5.59. The zero-order valence-electron chi connectivity index (χ0n) is 14.2.